The number of esters is 1. The topological polar surface area (TPSA) is 26.3 Å². The Kier molecular flexibility index (Phi) is 1.58. The van der Waals surface area contributed by atoms with Crippen molar-refractivity contribution >= 4 is 33.5 Å². The highest BCUT2D eigenvalue weighted by atomic mass is 79.9. The second kappa shape index (κ2) is 2.07. The zero-order chi connectivity index (χ0) is 6.15. The van der Waals surface area contributed by atoms with Gasteiger partial charge in [-0.15, -0.1) is 0 Å². The lowest BCUT2D eigenvalue weighted by Crippen LogP contribution is -2.07. The fourth-order valence-electron chi connectivity index (χ4n) is 0.346. The van der Waals surface area contributed by atoms with E-state index in [2.05, 4.69) is 20.7 Å². The number of cyclic esters (lactones) is 1. The van der Waals surface area contributed by atoms with Crippen LogP contribution in [0.3, 0.4) is 0 Å². The van der Waals surface area contributed by atoms with Gasteiger partial charge < -0.3 is 4.74 Å². The Morgan fingerprint density at radius 2 is 2.50 bits per heavy atom. The molecule has 0 amide bonds. The molecule has 0 N–H and O–H groups in total. The van der Waals surface area contributed by atoms with Gasteiger partial charge in [-0.25, -0.2) is 0 Å². The maximum absolute atomic E-state index is 10.4. The van der Waals surface area contributed by atoms with E-state index in [1.165, 1.54) is 6.26 Å². The van der Waals surface area contributed by atoms with Gasteiger partial charge in [-0.3, -0.25) is 4.79 Å². The summed E-state index contributed by atoms with van der Waals surface area (Å²) in [7, 11) is 0. The molecular formula is C4H2BrClO2. The van der Waals surface area contributed by atoms with Crippen LogP contribution in [0.15, 0.2) is 11.3 Å². The number of carbonyl (C=O) groups is 1. The van der Waals surface area contributed by atoms with E-state index < -0.39 is 4.83 Å². The molecule has 0 fully saturated rings. The average molecular weight is 197 g/mol. The number of hydrogen-bond acceptors (Lipinski definition) is 2. The van der Waals surface area contributed by atoms with Gasteiger partial charge in [-0.1, -0.05) is 27.5 Å². The molecule has 44 valence electrons. The standard InChI is InChI=1S/C4H2BrClO2/c5-3-2(6)1-8-4(3)7/h1,3H. The molecule has 1 atom stereocenters. The quantitative estimate of drug-likeness (QED) is 0.433. The summed E-state index contributed by atoms with van der Waals surface area (Å²) in [5.74, 6) is -0.352. The van der Waals surface area contributed by atoms with Gasteiger partial charge >= 0.3 is 5.97 Å². The predicted octanol–water partition coefficient (Wildman–Crippen LogP) is 1.39. The van der Waals surface area contributed by atoms with Crippen LogP contribution in [0.25, 0.3) is 0 Å². The molecule has 1 rings (SSSR count). The van der Waals surface area contributed by atoms with Crippen molar-refractivity contribution in [2.75, 3.05) is 0 Å². The van der Waals surface area contributed by atoms with E-state index in [1.807, 2.05) is 0 Å². The Labute approximate surface area is 59.6 Å². The highest BCUT2D eigenvalue weighted by Crippen LogP contribution is 2.23. The van der Waals surface area contributed by atoms with Crippen molar-refractivity contribution in [2.24, 2.45) is 0 Å². The van der Waals surface area contributed by atoms with Crippen LogP contribution in [-0.2, 0) is 9.53 Å². The summed E-state index contributed by atoms with van der Waals surface area (Å²) in [5.41, 5.74) is 0. The minimum Gasteiger partial charge on any atom is -0.432 e. The molecule has 0 aromatic heterocycles. The summed E-state index contributed by atoms with van der Waals surface area (Å²) in [5, 5.41) is 0.398. The first-order valence-electron chi connectivity index (χ1n) is 1.92. The third-order valence-electron chi connectivity index (χ3n) is 0.737. The lowest BCUT2D eigenvalue weighted by Gasteiger charge is -1.90. The van der Waals surface area contributed by atoms with E-state index in [0.29, 0.717) is 5.03 Å². The SMILES string of the molecule is O=C1OC=C(Cl)C1Br. The Bertz CT molecular complexity index is 154. The molecule has 0 saturated carbocycles. The molecule has 2 nitrogen and oxygen atoms in total. The summed E-state index contributed by atoms with van der Waals surface area (Å²) < 4.78 is 4.40. The fourth-order valence-corrected chi connectivity index (χ4v) is 0.696. The third kappa shape index (κ3) is 0.880. The zero-order valence-corrected chi connectivity index (χ0v) is 6.07. The van der Waals surface area contributed by atoms with Crippen molar-refractivity contribution in [2.45, 2.75) is 4.83 Å². The van der Waals surface area contributed by atoms with E-state index in [4.69, 9.17) is 11.6 Å². The molecule has 0 aliphatic carbocycles. The molecule has 0 spiro atoms. The average Bonchev–Trinajstić information content (AvgIpc) is 1.98. The first kappa shape index (κ1) is 6.11. The van der Waals surface area contributed by atoms with Gasteiger partial charge in [0, 0.05) is 0 Å². The van der Waals surface area contributed by atoms with Crippen LogP contribution < -0.4 is 0 Å². The minimum atomic E-state index is -0.441. The number of hydrogen-bond donors (Lipinski definition) is 0. The van der Waals surface area contributed by atoms with Gasteiger partial charge in [0.05, 0.1) is 5.03 Å². The number of ether oxygens (including phenoxy) is 1. The lowest BCUT2D eigenvalue weighted by atomic mass is 10.5. The van der Waals surface area contributed by atoms with E-state index in [-0.39, 0.29) is 5.97 Å². The second-order valence-corrected chi connectivity index (χ2v) is 2.65. The van der Waals surface area contributed by atoms with Crippen LogP contribution in [0.2, 0.25) is 0 Å². The summed E-state index contributed by atoms with van der Waals surface area (Å²) in [6.07, 6.45) is 1.23. The molecule has 1 heterocycles. The number of carbonyl (C=O) groups excluding carboxylic acids is 1. The van der Waals surface area contributed by atoms with Crippen LogP contribution in [0.5, 0.6) is 0 Å². The Hall–Kier alpha value is -0.0200. The van der Waals surface area contributed by atoms with Crippen molar-refractivity contribution < 1.29 is 9.53 Å². The normalized spacial score (nSPS) is 27.5. The molecule has 8 heavy (non-hydrogen) atoms. The van der Waals surface area contributed by atoms with Gasteiger partial charge in [0.15, 0.2) is 4.83 Å². The molecule has 4 heteroatoms. The van der Waals surface area contributed by atoms with E-state index in [0.717, 1.165) is 0 Å². The van der Waals surface area contributed by atoms with Gasteiger partial charge in [0.1, 0.15) is 6.26 Å². The van der Waals surface area contributed by atoms with E-state index in [9.17, 15) is 4.79 Å². The maximum atomic E-state index is 10.4. The second-order valence-electron chi connectivity index (χ2n) is 1.30. The molecule has 1 aliphatic heterocycles. The van der Waals surface area contributed by atoms with Crippen LogP contribution in [0, 0.1) is 0 Å². The molecular weight excluding hydrogens is 195 g/mol. The van der Waals surface area contributed by atoms with Crippen LogP contribution in [0.1, 0.15) is 0 Å². The highest BCUT2D eigenvalue weighted by Gasteiger charge is 2.25. The van der Waals surface area contributed by atoms with Crippen LogP contribution in [-0.4, -0.2) is 10.8 Å². The van der Waals surface area contributed by atoms with E-state index in [1.54, 1.807) is 0 Å². The lowest BCUT2D eigenvalue weighted by molar-refractivity contribution is -0.134. The zero-order valence-electron chi connectivity index (χ0n) is 3.73. The van der Waals surface area contributed by atoms with Gasteiger partial charge in [0.25, 0.3) is 0 Å². The molecule has 0 bridgehead atoms. The highest BCUT2D eigenvalue weighted by molar-refractivity contribution is 9.10. The van der Waals surface area contributed by atoms with Crippen molar-refractivity contribution in [3.8, 4) is 0 Å². The largest absolute Gasteiger partial charge is 0.432 e. The molecule has 0 aromatic rings. The number of halogens is 2. The minimum absolute atomic E-state index is 0.352. The van der Waals surface area contributed by atoms with Gasteiger partial charge in [-0.05, 0) is 0 Å². The van der Waals surface area contributed by atoms with Crippen LogP contribution >= 0.6 is 27.5 Å². The fraction of sp³-hybridized carbons (Fsp3) is 0.250. The first-order valence-corrected chi connectivity index (χ1v) is 3.21. The Balaban J connectivity index is 2.72. The number of rotatable bonds is 0. The molecule has 0 aromatic carbocycles. The summed E-state index contributed by atoms with van der Waals surface area (Å²) in [4.78, 5) is 9.94. The summed E-state index contributed by atoms with van der Waals surface area (Å²) in [6, 6.07) is 0. The molecule has 0 radical (unpaired) electrons. The number of alkyl halides is 1. The maximum Gasteiger partial charge on any atom is 0.330 e. The molecule has 1 aliphatic rings. The van der Waals surface area contributed by atoms with E-state index >= 15 is 0 Å². The monoisotopic (exact) mass is 196 g/mol. The smallest absolute Gasteiger partial charge is 0.330 e. The summed E-state index contributed by atoms with van der Waals surface area (Å²) in [6.45, 7) is 0. The van der Waals surface area contributed by atoms with Gasteiger partial charge in [-0.2, -0.15) is 0 Å². The van der Waals surface area contributed by atoms with Crippen molar-refractivity contribution in [3.63, 3.8) is 0 Å². The Morgan fingerprint density at radius 3 is 2.62 bits per heavy atom. The van der Waals surface area contributed by atoms with Crippen molar-refractivity contribution in [1.82, 2.24) is 0 Å². The molecule has 0 saturated heterocycles. The first-order chi connectivity index (χ1) is 3.72. The Morgan fingerprint density at radius 1 is 1.88 bits per heavy atom. The van der Waals surface area contributed by atoms with Crippen LogP contribution in [0.4, 0.5) is 0 Å². The van der Waals surface area contributed by atoms with Gasteiger partial charge in [0.2, 0.25) is 0 Å². The van der Waals surface area contributed by atoms with Crippen molar-refractivity contribution in [1.29, 1.82) is 0 Å². The predicted molar refractivity (Wildman–Crippen MR) is 32.7 cm³/mol. The molecule has 1 unspecified atom stereocenters. The third-order valence-corrected chi connectivity index (χ3v) is 2.17. The summed E-state index contributed by atoms with van der Waals surface area (Å²) >= 11 is 8.42. The van der Waals surface area contributed by atoms with Crippen molar-refractivity contribution in [3.05, 3.63) is 11.3 Å².